The molecule has 0 aliphatic carbocycles. The van der Waals surface area contributed by atoms with E-state index in [1.807, 2.05) is 0 Å². The number of pyridine rings is 2. The van der Waals surface area contributed by atoms with Gasteiger partial charge in [0.05, 0.1) is 16.0 Å². The second-order valence-electron chi connectivity index (χ2n) is 4.86. The summed E-state index contributed by atoms with van der Waals surface area (Å²) in [4.78, 5) is 6.97. The zero-order valence-electron chi connectivity index (χ0n) is 11.8. The third kappa shape index (κ3) is 2.95. The van der Waals surface area contributed by atoms with Gasteiger partial charge in [-0.05, 0) is 18.2 Å². The van der Waals surface area contributed by atoms with Gasteiger partial charge in [0.15, 0.2) is 11.5 Å². The highest BCUT2D eigenvalue weighted by atomic mass is 35.5. The number of nitrogens with two attached hydrogens (primary N) is 1. The van der Waals surface area contributed by atoms with Gasteiger partial charge >= 0.3 is 12.4 Å². The lowest BCUT2D eigenvalue weighted by Gasteiger charge is -2.11. The van der Waals surface area contributed by atoms with Crippen LogP contribution in [0.25, 0.3) is 16.9 Å². The summed E-state index contributed by atoms with van der Waals surface area (Å²) in [7, 11) is 0. The number of halogens is 7. The molecule has 0 saturated carbocycles. The molecule has 132 valence electrons. The van der Waals surface area contributed by atoms with Crippen LogP contribution in [0.2, 0.25) is 5.02 Å². The topological polar surface area (TPSA) is 69.6 Å². The maximum atomic E-state index is 13.2. The average Bonchev–Trinajstić information content (AvgIpc) is 2.82. The van der Waals surface area contributed by atoms with Gasteiger partial charge in [-0.15, -0.1) is 5.10 Å². The fraction of sp³-hybridized carbons (Fsp3) is 0.154. The summed E-state index contributed by atoms with van der Waals surface area (Å²) in [6, 6.07) is 2.71. The Morgan fingerprint density at radius 1 is 1.08 bits per heavy atom. The molecule has 0 saturated heterocycles. The van der Waals surface area contributed by atoms with Crippen LogP contribution in [0.15, 0.2) is 24.4 Å². The minimum absolute atomic E-state index is 0.00777. The molecule has 0 atom stereocenters. The fourth-order valence-electron chi connectivity index (χ4n) is 2.17. The van der Waals surface area contributed by atoms with Gasteiger partial charge < -0.3 is 5.73 Å². The Kier molecular flexibility index (Phi) is 3.78. The van der Waals surface area contributed by atoms with Crippen LogP contribution in [0, 0.1) is 0 Å². The molecule has 3 aromatic rings. The number of rotatable bonds is 1. The smallest absolute Gasteiger partial charge is 0.383 e. The van der Waals surface area contributed by atoms with E-state index in [4.69, 9.17) is 17.3 Å². The predicted molar refractivity (Wildman–Crippen MR) is 76.1 cm³/mol. The van der Waals surface area contributed by atoms with Crippen molar-refractivity contribution < 1.29 is 26.3 Å². The van der Waals surface area contributed by atoms with E-state index in [1.54, 1.807) is 0 Å². The summed E-state index contributed by atoms with van der Waals surface area (Å²) in [5.41, 5.74) is 1.53. The number of fused-ring (bicyclic) bond motifs is 1. The van der Waals surface area contributed by atoms with Crippen LogP contribution in [-0.2, 0) is 12.4 Å². The maximum Gasteiger partial charge on any atom is 0.433 e. The van der Waals surface area contributed by atoms with Crippen molar-refractivity contribution >= 4 is 28.5 Å². The molecule has 25 heavy (non-hydrogen) atoms. The zero-order chi connectivity index (χ0) is 18.6. The van der Waals surface area contributed by atoms with E-state index in [0.717, 1.165) is 4.68 Å². The third-order valence-corrected chi connectivity index (χ3v) is 3.51. The van der Waals surface area contributed by atoms with Crippen LogP contribution >= 0.6 is 11.6 Å². The molecule has 0 fully saturated rings. The van der Waals surface area contributed by atoms with Crippen molar-refractivity contribution in [3.05, 3.63) is 40.7 Å². The Hall–Kier alpha value is -2.56. The van der Waals surface area contributed by atoms with Crippen LogP contribution in [-0.4, -0.2) is 19.7 Å². The Morgan fingerprint density at radius 3 is 2.32 bits per heavy atom. The quantitative estimate of drug-likeness (QED) is 0.645. The molecular weight excluding hydrogens is 376 g/mol. The van der Waals surface area contributed by atoms with E-state index in [-0.39, 0.29) is 16.9 Å². The molecule has 0 aliphatic rings. The van der Waals surface area contributed by atoms with E-state index in [9.17, 15) is 26.3 Å². The SMILES string of the molecule is Nc1c2c(C(F)(F)F)cc(C(F)(F)F)nc2nn1-c1ncccc1Cl. The highest BCUT2D eigenvalue weighted by molar-refractivity contribution is 6.32. The molecule has 3 heterocycles. The second kappa shape index (κ2) is 5.48. The monoisotopic (exact) mass is 381 g/mol. The Morgan fingerprint density at radius 2 is 1.76 bits per heavy atom. The maximum absolute atomic E-state index is 13.2. The van der Waals surface area contributed by atoms with E-state index in [1.165, 1.54) is 18.3 Å². The Labute approximate surface area is 140 Å². The summed E-state index contributed by atoms with van der Waals surface area (Å²) in [5.74, 6) is -0.717. The van der Waals surface area contributed by atoms with Crippen molar-refractivity contribution in [3.8, 4) is 5.82 Å². The van der Waals surface area contributed by atoms with Crippen molar-refractivity contribution in [2.45, 2.75) is 12.4 Å². The van der Waals surface area contributed by atoms with Crippen molar-refractivity contribution in [2.75, 3.05) is 5.73 Å². The van der Waals surface area contributed by atoms with Gasteiger partial charge in [0.25, 0.3) is 0 Å². The molecular formula is C13H6ClF6N5. The summed E-state index contributed by atoms with van der Waals surface area (Å²) in [5, 5.41) is 2.86. The molecule has 3 aromatic heterocycles. The lowest BCUT2D eigenvalue weighted by Crippen LogP contribution is -2.13. The molecule has 5 nitrogen and oxygen atoms in total. The third-order valence-electron chi connectivity index (χ3n) is 3.21. The number of alkyl halides is 6. The molecule has 12 heteroatoms. The van der Waals surface area contributed by atoms with Gasteiger partial charge in [-0.1, -0.05) is 11.6 Å². The zero-order valence-corrected chi connectivity index (χ0v) is 12.6. The van der Waals surface area contributed by atoms with Gasteiger partial charge in [-0.3, -0.25) is 0 Å². The summed E-state index contributed by atoms with van der Waals surface area (Å²) >= 11 is 5.89. The lowest BCUT2D eigenvalue weighted by atomic mass is 10.1. The Balaban J connectivity index is 2.39. The van der Waals surface area contributed by atoms with E-state index in [2.05, 4.69) is 15.1 Å². The highest BCUT2D eigenvalue weighted by Gasteiger charge is 2.41. The number of aromatic nitrogens is 4. The van der Waals surface area contributed by atoms with E-state index < -0.39 is 40.5 Å². The first-order chi connectivity index (χ1) is 11.5. The summed E-state index contributed by atoms with van der Waals surface area (Å²) < 4.78 is 78.9. The molecule has 0 aromatic carbocycles. The molecule has 0 unspecified atom stereocenters. The Bertz CT molecular complexity index is 962. The van der Waals surface area contributed by atoms with Gasteiger partial charge in [0.2, 0.25) is 0 Å². The molecule has 0 radical (unpaired) electrons. The summed E-state index contributed by atoms with van der Waals surface area (Å²) in [6.07, 6.45) is -8.92. The molecule has 0 spiro atoms. The first-order valence-corrected chi connectivity index (χ1v) is 6.82. The number of hydrogen-bond acceptors (Lipinski definition) is 4. The van der Waals surface area contributed by atoms with Crippen LogP contribution in [0.3, 0.4) is 0 Å². The normalized spacial score (nSPS) is 12.8. The summed E-state index contributed by atoms with van der Waals surface area (Å²) in [6.45, 7) is 0. The lowest BCUT2D eigenvalue weighted by molar-refractivity contribution is -0.144. The number of anilines is 1. The first kappa shape index (κ1) is 17.3. The molecule has 2 N–H and O–H groups in total. The molecule has 0 bridgehead atoms. The van der Waals surface area contributed by atoms with Gasteiger partial charge in [-0.2, -0.15) is 31.0 Å². The second-order valence-corrected chi connectivity index (χ2v) is 5.26. The highest BCUT2D eigenvalue weighted by Crippen LogP contribution is 2.40. The van der Waals surface area contributed by atoms with Crippen molar-refractivity contribution in [1.29, 1.82) is 0 Å². The number of nitrogen functional groups attached to an aromatic ring is 1. The van der Waals surface area contributed by atoms with Crippen LogP contribution < -0.4 is 5.73 Å². The largest absolute Gasteiger partial charge is 0.433 e. The van der Waals surface area contributed by atoms with E-state index >= 15 is 0 Å². The van der Waals surface area contributed by atoms with Gasteiger partial charge in [0, 0.05) is 6.20 Å². The molecule has 0 amide bonds. The van der Waals surface area contributed by atoms with Crippen molar-refractivity contribution in [2.24, 2.45) is 0 Å². The first-order valence-electron chi connectivity index (χ1n) is 6.44. The predicted octanol–water partition coefficient (Wildman–Crippen LogP) is 4.09. The van der Waals surface area contributed by atoms with Crippen molar-refractivity contribution in [1.82, 2.24) is 19.7 Å². The molecule has 0 aliphatic heterocycles. The number of nitrogens with zero attached hydrogens (tertiary/aromatic N) is 4. The minimum atomic E-state index is -5.10. The fourth-order valence-corrected chi connectivity index (χ4v) is 2.38. The van der Waals surface area contributed by atoms with Gasteiger partial charge in [-0.25, -0.2) is 9.97 Å². The standard InChI is InChI=1S/C13H6ClF6N5/c14-6-2-1-3-22-11(6)25-9(21)8-5(12(15,16)17)4-7(13(18,19)20)23-10(8)24-25/h1-4H,21H2. The molecule has 3 rings (SSSR count). The van der Waals surface area contributed by atoms with E-state index in [0.29, 0.717) is 0 Å². The van der Waals surface area contributed by atoms with Crippen LogP contribution in [0.4, 0.5) is 32.2 Å². The minimum Gasteiger partial charge on any atom is -0.383 e. The van der Waals surface area contributed by atoms with Gasteiger partial charge in [0.1, 0.15) is 11.5 Å². The van der Waals surface area contributed by atoms with Crippen molar-refractivity contribution in [3.63, 3.8) is 0 Å². The van der Waals surface area contributed by atoms with Crippen LogP contribution in [0.5, 0.6) is 0 Å². The van der Waals surface area contributed by atoms with Crippen LogP contribution in [0.1, 0.15) is 11.3 Å². The number of hydrogen-bond donors (Lipinski definition) is 1. The average molecular weight is 382 g/mol.